The summed E-state index contributed by atoms with van der Waals surface area (Å²) in [6, 6.07) is 7.58. The van der Waals surface area contributed by atoms with Gasteiger partial charge < -0.3 is 14.8 Å². The number of aryl methyl sites for hydroxylation is 1. The number of nitrogens with one attached hydrogen (secondary N) is 1. The van der Waals surface area contributed by atoms with E-state index in [-0.39, 0.29) is 5.91 Å². The Kier molecular flexibility index (Phi) is 6.03. The van der Waals surface area contributed by atoms with E-state index in [1.54, 1.807) is 18.9 Å². The van der Waals surface area contributed by atoms with Crippen LogP contribution in [0.3, 0.4) is 0 Å². The van der Waals surface area contributed by atoms with Crippen molar-refractivity contribution in [3.05, 3.63) is 35.3 Å². The molecule has 0 saturated heterocycles. The molecule has 4 rings (SSSR count). The van der Waals surface area contributed by atoms with Crippen molar-refractivity contribution in [3.63, 3.8) is 0 Å². The zero-order valence-corrected chi connectivity index (χ0v) is 18.3. The maximum atomic E-state index is 12.5. The van der Waals surface area contributed by atoms with E-state index in [1.807, 2.05) is 36.6 Å². The number of thiazole rings is 1. The van der Waals surface area contributed by atoms with Crippen molar-refractivity contribution in [2.24, 2.45) is 5.92 Å². The zero-order chi connectivity index (χ0) is 21.1. The number of ether oxygens (including phenoxy) is 2. The minimum atomic E-state index is 0.0414. The fourth-order valence-electron chi connectivity index (χ4n) is 3.89. The molecule has 0 unspecified atom stereocenters. The highest BCUT2D eigenvalue weighted by molar-refractivity contribution is 7.12. The van der Waals surface area contributed by atoms with E-state index < -0.39 is 0 Å². The van der Waals surface area contributed by atoms with Crippen molar-refractivity contribution in [1.29, 1.82) is 0 Å². The van der Waals surface area contributed by atoms with Gasteiger partial charge in [0, 0.05) is 23.4 Å². The van der Waals surface area contributed by atoms with Crippen LogP contribution in [0, 0.1) is 12.8 Å². The molecular formula is C22H26N4O3S. The first-order chi connectivity index (χ1) is 14.6. The largest absolute Gasteiger partial charge is 0.493 e. The van der Waals surface area contributed by atoms with E-state index in [0.717, 1.165) is 29.8 Å². The lowest BCUT2D eigenvalue weighted by Crippen LogP contribution is -2.17. The highest BCUT2D eigenvalue weighted by Gasteiger charge is 2.20. The Labute approximate surface area is 180 Å². The number of benzene rings is 1. The van der Waals surface area contributed by atoms with E-state index in [1.165, 1.54) is 24.2 Å². The molecule has 1 aliphatic carbocycles. The summed E-state index contributed by atoms with van der Waals surface area (Å²) in [5.74, 6) is 2.52. The van der Waals surface area contributed by atoms with Crippen molar-refractivity contribution < 1.29 is 14.3 Å². The first kappa shape index (κ1) is 20.4. The second kappa shape index (κ2) is 8.87. The van der Waals surface area contributed by atoms with Gasteiger partial charge in [0.15, 0.2) is 11.5 Å². The summed E-state index contributed by atoms with van der Waals surface area (Å²) in [6.07, 6.45) is 5.32. The lowest BCUT2D eigenvalue weighted by molar-refractivity contribution is -0.117. The average molecular weight is 427 g/mol. The minimum absolute atomic E-state index is 0.0414. The first-order valence-corrected chi connectivity index (χ1v) is 11.0. The molecule has 0 aliphatic heterocycles. The van der Waals surface area contributed by atoms with Crippen LogP contribution in [0.5, 0.6) is 11.5 Å². The molecule has 7 nitrogen and oxygen atoms in total. The molecule has 1 saturated carbocycles. The summed E-state index contributed by atoms with van der Waals surface area (Å²) in [5, 5.41) is 10.2. The Balaban J connectivity index is 1.55. The number of aromatic nitrogens is 3. The maximum absolute atomic E-state index is 12.5. The lowest BCUT2D eigenvalue weighted by Gasteiger charge is -2.10. The molecule has 0 atom stereocenters. The van der Waals surface area contributed by atoms with Crippen LogP contribution in [0.4, 0.5) is 5.82 Å². The Bertz CT molecular complexity index is 1040. The SMILES string of the molecule is COc1ccc(-c2csc(-n3nc(C)cc3NC(=O)CC3CCCC3)n2)cc1OC. The zero-order valence-electron chi connectivity index (χ0n) is 17.5. The smallest absolute Gasteiger partial charge is 0.225 e. The number of anilines is 1. The summed E-state index contributed by atoms with van der Waals surface area (Å²) in [6.45, 7) is 1.91. The highest BCUT2D eigenvalue weighted by Crippen LogP contribution is 2.34. The molecule has 30 heavy (non-hydrogen) atoms. The molecule has 1 aromatic carbocycles. The third-order valence-electron chi connectivity index (χ3n) is 5.40. The lowest BCUT2D eigenvalue weighted by atomic mass is 10.0. The quantitative estimate of drug-likeness (QED) is 0.585. The molecule has 1 aliphatic rings. The van der Waals surface area contributed by atoms with Crippen LogP contribution in [0.1, 0.15) is 37.8 Å². The van der Waals surface area contributed by atoms with Crippen LogP contribution in [0.2, 0.25) is 0 Å². The second-order valence-corrected chi connectivity index (χ2v) is 8.41. The van der Waals surface area contributed by atoms with E-state index in [4.69, 9.17) is 14.5 Å². The molecule has 2 heterocycles. The number of amides is 1. The monoisotopic (exact) mass is 426 g/mol. The maximum Gasteiger partial charge on any atom is 0.225 e. The average Bonchev–Trinajstić information content (AvgIpc) is 3.49. The van der Waals surface area contributed by atoms with Gasteiger partial charge in [-0.05, 0) is 43.9 Å². The predicted molar refractivity (Wildman–Crippen MR) is 118 cm³/mol. The van der Waals surface area contributed by atoms with Crippen molar-refractivity contribution in [1.82, 2.24) is 14.8 Å². The van der Waals surface area contributed by atoms with Crippen LogP contribution in [0.15, 0.2) is 29.6 Å². The van der Waals surface area contributed by atoms with Gasteiger partial charge in [-0.15, -0.1) is 11.3 Å². The summed E-state index contributed by atoms with van der Waals surface area (Å²) in [4.78, 5) is 17.3. The summed E-state index contributed by atoms with van der Waals surface area (Å²) in [5.41, 5.74) is 2.56. The van der Waals surface area contributed by atoms with Crippen LogP contribution in [-0.2, 0) is 4.79 Å². The fourth-order valence-corrected chi connectivity index (χ4v) is 4.69. The van der Waals surface area contributed by atoms with Gasteiger partial charge in [-0.3, -0.25) is 4.79 Å². The highest BCUT2D eigenvalue weighted by atomic mass is 32.1. The molecule has 3 aromatic rings. The van der Waals surface area contributed by atoms with Gasteiger partial charge in [-0.2, -0.15) is 9.78 Å². The molecule has 158 valence electrons. The molecule has 2 aromatic heterocycles. The van der Waals surface area contributed by atoms with E-state index in [0.29, 0.717) is 34.8 Å². The van der Waals surface area contributed by atoms with Gasteiger partial charge in [0.2, 0.25) is 11.0 Å². The Morgan fingerprint density at radius 2 is 1.97 bits per heavy atom. The topological polar surface area (TPSA) is 78.3 Å². The van der Waals surface area contributed by atoms with Crippen LogP contribution in [-0.4, -0.2) is 34.9 Å². The molecule has 0 spiro atoms. The molecule has 0 bridgehead atoms. The van der Waals surface area contributed by atoms with Gasteiger partial charge in [0.1, 0.15) is 5.82 Å². The summed E-state index contributed by atoms with van der Waals surface area (Å²) < 4.78 is 12.4. The van der Waals surface area contributed by atoms with Gasteiger partial charge in [0.05, 0.1) is 25.6 Å². The van der Waals surface area contributed by atoms with Crippen LogP contribution >= 0.6 is 11.3 Å². The van der Waals surface area contributed by atoms with Crippen molar-refractivity contribution >= 4 is 23.1 Å². The van der Waals surface area contributed by atoms with Crippen molar-refractivity contribution in [2.75, 3.05) is 19.5 Å². The molecule has 0 radical (unpaired) electrons. The number of nitrogens with zero attached hydrogens (tertiary/aromatic N) is 3. The molecule has 1 N–H and O–H groups in total. The number of hydrogen-bond donors (Lipinski definition) is 1. The molecule has 1 amide bonds. The summed E-state index contributed by atoms with van der Waals surface area (Å²) in [7, 11) is 3.22. The van der Waals surface area contributed by atoms with Crippen LogP contribution < -0.4 is 14.8 Å². The molecular weight excluding hydrogens is 400 g/mol. The number of rotatable bonds is 7. The van der Waals surface area contributed by atoms with Crippen molar-refractivity contribution in [2.45, 2.75) is 39.0 Å². The van der Waals surface area contributed by atoms with Crippen LogP contribution in [0.25, 0.3) is 16.4 Å². The number of carbonyl (C=O) groups is 1. The standard InChI is InChI=1S/C22H26N4O3S/c1-14-10-20(24-21(27)11-15-6-4-5-7-15)26(25-14)22-23-17(13-30-22)16-8-9-18(28-2)19(12-16)29-3/h8-10,12-13,15H,4-7,11H2,1-3H3,(H,24,27). The number of hydrogen-bond acceptors (Lipinski definition) is 6. The van der Waals surface area contributed by atoms with Gasteiger partial charge >= 0.3 is 0 Å². The van der Waals surface area contributed by atoms with E-state index in [9.17, 15) is 4.79 Å². The first-order valence-electron chi connectivity index (χ1n) is 10.1. The van der Waals surface area contributed by atoms with Gasteiger partial charge in [0.25, 0.3) is 0 Å². The predicted octanol–water partition coefficient (Wildman–Crippen LogP) is 4.84. The Hall–Kier alpha value is -2.87. The number of methoxy groups -OCH3 is 2. The fraction of sp³-hybridized carbons (Fsp3) is 0.409. The van der Waals surface area contributed by atoms with E-state index in [2.05, 4.69) is 10.4 Å². The molecule has 8 heteroatoms. The number of carbonyl (C=O) groups excluding carboxylic acids is 1. The second-order valence-electron chi connectivity index (χ2n) is 7.57. The minimum Gasteiger partial charge on any atom is -0.493 e. The third-order valence-corrected chi connectivity index (χ3v) is 6.22. The Morgan fingerprint density at radius 1 is 1.20 bits per heavy atom. The van der Waals surface area contributed by atoms with Gasteiger partial charge in [-0.1, -0.05) is 12.8 Å². The normalized spacial score (nSPS) is 14.1. The van der Waals surface area contributed by atoms with E-state index >= 15 is 0 Å². The van der Waals surface area contributed by atoms with Crippen molar-refractivity contribution in [3.8, 4) is 27.9 Å². The third kappa shape index (κ3) is 4.33. The summed E-state index contributed by atoms with van der Waals surface area (Å²) >= 11 is 1.47. The molecule has 1 fully saturated rings. The van der Waals surface area contributed by atoms with Gasteiger partial charge in [-0.25, -0.2) is 4.98 Å². The Morgan fingerprint density at radius 3 is 2.70 bits per heavy atom.